The number of hydrogen-bond acceptors (Lipinski definition) is 0. The SMILES string of the molecule is C[N+]1(Cc2ccccc2)CCC(C(F)(F)F)=C1c1ccccc1. The zero-order chi connectivity index (χ0) is 16.5. The van der Waals surface area contributed by atoms with E-state index < -0.39 is 6.18 Å². The maximum absolute atomic E-state index is 13.5. The average molecular weight is 318 g/mol. The normalized spacial score (nSPS) is 21.7. The highest BCUT2D eigenvalue weighted by molar-refractivity contribution is 5.65. The molecule has 2 aromatic rings. The molecule has 0 N–H and O–H groups in total. The number of rotatable bonds is 3. The third kappa shape index (κ3) is 3.17. The topological polar surface area (TPSA) is 0 Å². The molecule has 0 bridgehead atoms. The highest BCUT2D eigenvalue weighted by Crippen LogP contribution is 2.45. The lowest BCUT2D eigenvalue weighted by atomic mass is 10.0. The van der Waals surface area contributed by atoms with E-state index >= 15 is 0 Å². The Morgan fingerprint density at radius 3 is 2.04 bits per heavy atom. The van der Waals surface area contributed by atoms with Crippen LogP contribution in [0.25, 0.3) is 5.70 Å². The van der Waals surface area contributed by atoms with Crippen LogP contribution >= 0.6 is 0 Å². The van der Waals surface area contributed by atoms with Gasteiger partial charge < -0.3 is 0 Å². The highest BCUT2D eigenvalue weighted by Gasteiger charge is 2.48. The molecule has 0 fully saturated rings. The molecular weight excluding hydrogens is 299 g/mol. The molecule has 120 valence electrons. The molecule has 1 nitrogen and oxygen atoms in total. The summed E-state index contributed by atoms with van der Waals surface area (Å²) < 4.78 is 40.8. The summed E-state index contributed by atoms with van der Waals surface area (Å²) >= 11 is 0. The van der Waals surface area contributed by atoms with E-state index in [4.69, 9.17) is 0 Å². The summed E-state index contributed by atoms with van der Waals surface area (Å²) in [5.74, 6) is 0. The van der Waals surface area contributed by atoms with E-state index in [1.807, 2.05) is 43.4 Å². The van der Waals surface area contributed by atoms with Gasteiger partial charge in [-0.25, -0.2) is 0 Å². The first kappa shape index (κ1) is 15.8. The van der Waals surface area contributed by atoms with Gasteiger partial charge in [-0.2, -0.15) is 13.2 Å². The van der Waals surface area contributed by atoms with Crippen LogP contribution in [0.15, 0.2) is 66.2 Å². The molecule has 1 aliphatic heterocycles. The van der Waals surface area contributed by atoms with Crippen LogP contribution < -0.4 is 0 Å². The van der Waals surface area contributed by atoms with E-state index in [9.17, 15) is 13.2 Å². The Morgan fingerprint density at radius 1 is 0.913 bits per heavy atom. The zero-order valence-electron chi connectivity index (χ0n) is 13.0. The molecule has 0 saturated heterocycles. The quantitative estimate of drug-likeness (QED) is 0.698. The Morgan fingerprint density at radius 2 is 1.48 bits per heavy atom. The molecule has 23 heavy (non-hydrogen) atoms. The van der Waals surface area contributed by atoms with Crippen molar-refractivity contribution in [3.63, 3.8) is 0 Å². The maximum atomic E-state index is 13.5. The fourth-order valence-corrected chi connectivity index (χ4v) is 3.42. The summed E-state index contributed by atoms with van der Waals surface area (Å²) in [6.45, 7) is 1.03. The van der Waals surface area contributed by atoms with Gasteiger partial charge in [0.15, 0.2) is 0 Å². The molecule has 3 rings (SSSR count). The number of halogens is 3. The van der Waals surface area contributed by atoms with Gasteiger partial charge in [-0.05, 0) is 12.1 Å². The van der Waals surface area contributed by atoms with Crippen molar-refractivity contribution in [2.24, 2.45) is 0 Å². The minimum Gasteiger partial charge on any atom is -0.289 e. The van der Waals surface area contributed by atoms with Crippen LogP contribution in [0.2, 0.25) is 0 Å². The standard InChI is InChI=1S/C19H19F3N/c1-23(14-15-8-4-2-5-9-15)13-12-17(19(20,21)22)18(23)16-10-6-3-7-11-16/h2-11H,12-14H2,1H3/q+1. The second-order valence-corrected chi connectivity index (χ2v) is 6.20. The van der Waals surface area contributed by atoms with Crippen molar-refractivity contribution in [1.29, 1.82) is 0 Å². The van der Waals surface area contributed by atoms with Crippen molar-refractivity contribution in [3.05, 3.63) is 77.4 Å². The third-order valence-corrected chi connectivity index (χ3v) is 4.44. The monoisotopic (exact) mass is 318 g/mol. The Hall–Kier alpha value is -2.07. The second kappa shape index (κ2) is 5.85. The van der Waals surface area contributed by atoms with Crippen molar-refractivity contribution in [2.75, 3.05) is 13.6 Å². The van der Waals surface area contributed by atoms with E-state index in [0.29, 0.717) is 24.4 Å². The number of benzene rings is 2. The van der Waals surface area contributed by atoms with Crippen molar-refractivity contribution in [1.82, 2.24) is 0 Å². The Labute approximate surface area is 134 Å². The van der Waals surface area contributed by atoms with Gasteiger partial charge in [0.05, 0.1) is 13.6 Å². The lowest BCUT2D eigenvalue weighted by Crippen LogP contribution is -2.39. The largest absolute Gasteiger partial charge is 0.418 e. The molecule has 0 spiro atoms. The summed E-state index contributed by atoms with van der Waals surface area (Å²) in [5, 5.41) is 0. The Balaban J connectivity index is 2.08. The van der Waals surface area contributed by atoms with Gasteiger partial charge in [-0.1, -0.05) is 48.5 Å². The van der Waals surface area contributed by atoms with Crippen LogP contribution in [-0.4, -0.2) is 24.3 Å². The molecule has 0 aromatic heterocycles. The number of hydrogen-bond donors (Lipinski definition) is 0. The van der Waals surface area contributed by atoms with Crippen molar-refractivity contribution in [2.45, 2.75) is 19.1 Å². The molecule has 1 unspecified atom stereocenters. The van der Waals surface area contributed by atoms with Crippen LogP contribution in [0, 0.1) is 0 Å². The van der Waals surface area contributed by atoms with Crippen molar-refractivity contribution < 1.29 is 17.7 Å². The molecule has 1 aliphatic rings. The van der Waals surface area contributed by atoms with Gasteiger partial charge in [0.2, 0.25) is 0 Å². The van der Waals surface area contributed by atoms with E-state index in [2.05, 4.69) is 0 Å². The molecule has 4 heteroatoms. The van der Waals surface area contributed by atoms with Crippen molar-refractivity contribution in [3.8, 4) is 0 Å². The lowest BCUT2D eigenvalue weighted by molar-refractivity contribution is -0.848. The zero-order valence-corrected chi connectivity index (χ0v) is 13.0. The number of alkyl halides is 3. The van der Waals surface area contributed by atoms with Crippen molar-refractivity contribution >= 4 is 5.70 Å². The van der Waals surface area contributed by atoms with E-state index in [0.717, 1.165) is 5.56 Å². The maximum Gasteiger partial charge on any atom is 0.418 e. The molecule has 1 heterocycles. The van der Waals surface area contributed by atoms with Crippen LogP contribution in [0.4, 0.5) is 13.2 Å². The lowest BCUT2D eigenvalue weighted by Gasteiger charge is -2.32. The van der Waals surface area contributed by atoms with Gasteiger partial charge in [0.25, 0.3) is 0 Å². The van der Waals surface area contributed by atoms with Gasteiger partial charge in [0.1, 0.15) is 17.8 Å². The minimum atomic E-state index is -4.28. The van der Waals surface area contributed by atoms with Crippen LogP contribution in [0.3, 0.4) is 0 Å². The predicted molar refractivity (Wildman–Crippen MR) is 85.2 cm³/mol. The smallest absolute Gasteiger partial charge is 0.289 e. The van der Waals surface area contributed by atoms with Crippen LogP contribution in [-0.2, 0) is 6.54 Å². The first-order valence-electron chi connectivity index (χ1n) is 7.65. The second-order valence-electron chi connectivity index (χ2n) is 6.20. The first-order valence-corrected chi connectivity index (χ1v) is 7.65. The molecule has 0 radical (unpaired) electrons. The molecule has 0 aliphatic carbocycles. The average Bonchev–Trinajstić information content (AvgIpc) is 2.86. The Kier molecular flexibility index (Phi) is 4.02. The third-order valence-electron chi connectivity index (χ3n) is 4.44. The van der Waals surface area contributed by atoms with Gasteiger partial charge in [-0.3, -0.25) is 4.48 Å². The fourth-order valence-electron chi connectivity index (χ4n) is 3.42. The summed E-state index contributed by atoms with van der Waals surface area (Å²) in [4.78, 5) is 0. The highest BCUT2D eigenvalue weighted by atomic mass is 19.4. The summed E-state index contributed by atoms with van der Waals surface area (Å²) in [5.41, 5.74) is 1.73. The fraction of sp³-hybridized carbons (Fsp3) is 0.263. The molecule has 0 amide bonds. The predicted octanol–water partition coefficient (Wildman–Crippen LogP) is 5.01. The first-order chi connectivity index (χ1) is 10.9. The summed E-state index contributed by atoms with van der Waals surface area (Å²) in [7, 11) is 1.90. The Bertz CT molecular complexity index is 704. The molecule has 0 saturated carbocycles. The van der Waals surface area contributed by atoms with Crippen LogP contribution in [0.5, 0.6) is 0 Å². The van der Waals surface area contributed by atoms with E-state index in [1.54, 1.807) is 24.3 Å². The minimum absolute atomic E-state index is 0.0665. The van der Waals surface area contributed by atoms with E-state index in [-0.39, 0.29) is 16.5 Å². The van der Waals surface area contributed by atoms with Crippen LogP contribution in [0.1, 0.15) is 17.5 Å². The molecule has 1 atom stereocenters. The summed E-state index contributed by atoms with van der Waals surface area (Å²) in [6.07, 6.45) is -4.21. The number of nitrogens with zero attached hydrogens (tertiary/aromatic N) is 1. The van der Waals surface area contributed by atoms with Gasteiger partial charge in [0, 0.05) is 17.5 Å². The molecular formula is C19H19F3N+. The van der Waals surface area contributed by atoms with E-state index in [1.165, 1.54) is 0 Å². The van der Waals surface area contributed by atoms with Gasteiger partial charge in [-0.15, -0.1) is 0 Å². The van der Waals surface area contributed by atoms with Gasteiger partial charge >= 0.3 is 6.18 Å². The molecule has 2 aromatic carbocycles. The number of quaternary nitrogens is 1. The summed E-state index contributed by atoms with van der Waals surface area (Å²) in [6, 6.07) is 18.7.